The van der Waals surface area contributed by atoms with Gasteiger partial charge in [0.15, 0.2) is 15.4 Å². The van der Waals surface area contributed by atoms with Crippen LogP contribution >= 0.6 is 0 Å². The number of carbonyl (C=O) groups is 1. The summed E-state index contributed by atoms with van der Waals surface area (Å²) in [5.41, 5.74) is 2.63. The van der Waals surface area contributed by atoms with Crippen molar-refractivity contribution < 1.29 is 40.3 Å². The number of oxazole rings is 1. The molecule has 1 aliphatic rings. The van der Waals surface area contributed by atoms with E-state index in [9.17, 15) is 26.0 Å². The first-order valence-corrected chi connectivity index (χ1v) is 11.7. The number of benzene rings is 2. The van der Waals surface area contributed by atoms with Crippen molar-refractivity contribution in [3.8, 4) is 11.5 Å². The molecular weight excluding hydrogens is 468 g/mol. The number of aromatic nitrogens is 1. The standard InChI is InChI=1S/C19H19FN2O3S.C2HF3O2/c1-26(23,24)14-3-4-15(16(20)11-14)19-22-17-10-13(2-5-18(17)25-19)12-6-8-21-9-7-12;3-2(4,5)1(6)7/h2-5,10-12,21H,6-9H2,1H3;(H,6,7). The number of nitrogens with one attached hydrogen (secondary N) is 1. The molecule has 12 heteroatoms. The fourth-order valence-electron chi connectivity index (χ4n) is 3.37. The van der Waals surface area contributed by atoms with Gasteiger partial charge in [-0.15, -0.1) is 0 Å². The Hall–Kier alpha value is -2.99. The molecule has 0 amide bonds. The van der Waals surface area contributed by atoms with Crippen LogP contribution in [-0.4, -0.2) is 50.0 Å². The van der Waals surface area contributed by atoms with Gasteiger partial charge in [-0.1, -0.05) is 6.07 Å². The minimum Gasteiger partial charge on any atom is -0.475 e. The fraction of sp³-hybridized carbons (Fsp3) is 0.333. The number of carboxylic acids is 1. The normalized spacial score (nSPS) is 15.2. The summed E-state index contributed by atoms with van der Waals surface area (Å²) in [4.78, 5) is 13.2. The number of nitrogens with zero attached hydrogens (tertiary/aromatic N) is 1. The van der Waals surface area contributed by atoms with E-state index in [1.165, 1.54) is 17.7 Å². The Balaban J connectivity index is 0.000000383. The Morgan fingerprint density at radius 3 is 2.33 bits per heavy atom. The van der Waals surface area contributed by atoms with Gasteiger partial charge in [0, 0.05) is 6.26 Å². The molecule has 0 unspecified atom stereocenters. The highest BCUT2D eigenvalue weighted by molar-refractivity contribution is 7.90. The van der Waals surface area contributed by atoms with Crippen LogP contribution in [0.1, 0.15) is 24.3 Å². The molecule has 7 nitrogen and oxygen atoms in total. The number of aliphatic carboxylic acids is 1. The molecule has 2 N–H and O–H groups in total. The SMILES string of the molecule is CS(=O)(=O)c1ccc(-c2nc3cc(C4CCNCC4)ccc3o2)c(F)c1.O=C(O)C(F)(F)F. The zero-order valence-corrected chi connectivity index (χ0v) is 18.1. The summed E-state index contributed by atoms with van der Waals surface area (Å²) >= 11 is 0. The quantitative estimate of drug-likeness (QED) is 0.534. The maximum atomic E-state index is 14.4. The first-order valence-electron chi connectivity index (χ1n) is 9.77. The number of piperidine rings is 1. The second-order valence-corrected chi connectivity index (χ2v) is 9.50. The molecule has 3 aromatic rings. The lowest BCUT2D eigenvalue weighted by Crippen LogP contribution is -2.26. The molecule has 0 atom stereocenters. The molecule has 4 rings (SSSR count). The lowest BCUT2D eigenvalue weighted by Gasteiger charge is -2.22. The van der Waals surface area contributed by atoms with Gasteiger partial charge >= 0.3 is 12.1 Å². The summed E-state index contributed by atoms with van der Waals surface area (Å²) in [5.74, 6) is -2.78. The zero-order valence-electron chi connectivity index (χ0n) is 17.3. The van der Waals surface area contributed by atoms with Gasteiger partial charge in [-0.2, -0.15) is 13.2 Å². The van der Waals surface area contributed by atoms with E-state index in [2.05, 4.69) is 10.3 Å². The van der Waals surface area contributed by atoms with Crippen molar-refractivity contribution in [1.29, 1.82) is 0 Å². The predicted octanol–water partition coefficient (Wildman–Crippen LogP) is 4.14. The van der Waals surface area contributed by atoms with Crippen LogP contribution in [-0.2, 0) is 14.6 Å². The highest BCUT2D eigenvalue weighted by Crippen LogP contribution is 2.31. The van der Waals surface area contributed by atoms with Crippen molar-refractivity contribution in [2.45, 2.75) is 29.8 Å². The van der Waals surface area contributed by atoms with E-state index in [-0.39, 0.29) is 16.3 Å². The van der Waals surface area contributed by atoms with Gasteiger partial charge in [-0.3, -0.25) is 0 Å². The minimum absolute atomic E-state index is 0.0666. The van der Waals surface area contributed by atoms with Crippen molar-refractivity contribution in [3.63, 3.8) is 0 Å². The van der Waals surface area contributed by atoms with E-state index in [1.54, 1.807) is 0 Å². The zero-order chi connectivity index (χ0) is 24.4. The third-order valence-electron chi connectivity index (χ3n) is 5.06. The number of rotatable bonds is 3. The van der Waals surface area contributed by atoms with Crippen LogP contribution in [0.4, 0.5) is 17.6 Å². The molecule has 2 aromatic carbocycles. The Bertz CT molecular complexity index is 1270. The van der Waals surface area contributed by atoms with Crippen molar-refractivity contribution in [1.82, 2.24) is 10.3 Å². The van der Waals surface area contributed by atoms with Crippen LogP contribution < -0.4 is 5.32 Å². The van der Waals surface area contributed by atoms with Gasteiger partial charge in [0.05, 0.1) is 10.5 Å². The summed E-state index contributed by atoms with van der Waals surface area (Å²) in [6, 6.07) is 9.66. The molecule has 2 heterocycles. The van der Waals surface area contributed by atoms with Gasteiger partial charge in [0.2, 0.25) is 5.89 Å². The van der Waals surface area contributed by atoms with Crippen LogP contribution in [0.25, 0.3) is 22.6 Å². The van der Waals surface area contributed by atoms with Gasteiger partial charge < -0.3 is 14.8 Å². The van der Waals surface area contributed by atoms with E-state index in [0.29, 0.717) is 17.0 Å². The number of fused-ring (bicyclic) bond motifs is 1. The van der Waals surface area contributed by atoms with Crippen LogP contribution in [0.3, 0.4) is 0 Å². The molecule has 1 fully saturated rings. The highest BCUT2D eigenvalue weighted by atomic mass is 32.2. The van der Waals surface area contributed by atoms with Gasteiger partial charge in [0.25, 0.3) is 0 Å². The molecule has 1 saturated heterocycles. The van der Waals surface area contributed by atoms with E-state index >= 15 is 0 Å². The Labute approximate surface area is 186 Å². The molecule has 0 spiro atoms. The molecular formula is C21H20F4N2O5S. The molecule has 1 aliphatic heterocycles. The van der Waals surface area contributed by atoms with Crippen LogP contribution in [0.2, 0.25) is 0 Å². The summed E-state index contributed by atoms with van der Waals surface area (Å²) in [5, 5.41) is 10.5. The largest absolute Gasteiger partial charge is 0.490 e. The van der Waals surface area contributed by atoms with Crippen LogP contribution in [0.15, 0.2) is 45.7 Å². The molecule has 178 valence electrons. The lowest BCUT2D eigenvalue weighted by molar-refractivity contribution is -0.192. The molecule has 0 radical (unpaired) electrons. The number of alkyl halides is 3. The monoisotopic (exact) mass is 488 g/mol. The summed E-state index contributed by atoms with van der Waals surface area (Å²) in [7, 11) is -3.46. The average Bonchev–Trinajstić information content (AvgIpc) is 3.16. The molecule has 0 saturated carbocycles. The third-order valence-corrected chi connectivity index (χ3v) is 6.17. The van der Waals surface area contributed by atoms with E-state index in [0.717, 1.165) is 38.3 Å². The second-order valence-electron chi connectivity index (χ2n) is 7.49. The maximum absolute atomic E-state index is 14.4. The Kier molecular flexibility index (Phi) is 7.08. The minimum atomic E-state index is -5.08. The number of hydrogen-bond acceptors (Lipinski definition) is 6. The Morgan fingerprint density at radius 2 is 1.79 bits per heavy atom. The summed E-state index contributed by atoms with van der Waals surface area (Å²) in [6.45, 7) is 2.01. The first-order chi connectivity index (χ1) is 15.4. The van der Waals surface area contributed by atoms with Crippen molar-refractivity contribution in [2.75, 3.05) is 19.3 Å². The van der Waals surface area contributed by atoms with Gasteiger partial charge in [0.1, 0.15) is 11.3 Å². The molecule has 33 heavy (non-hydrogen) atoms. The molecule has 0 bridgehead atoms. The van der Waals surface area contributed by atoms with Crippen molar-refractivity contribution >= 4 is 26.9 Å². The number of carboxylic acid groups (broad SMARTS) is 1. The third kappa shape index (κ3) is 6.08. The summed E-state index contributed by atoms with van der Waals surface area (Å²) < 4.78 is 74.9. The van der Waals surface area contributed by atoms with Gasteiger partial charge in [-0.05, 0) is 67.7 Å². The number of sulfone groups is 1. The average molecular weight is 488 g/mol. The van der Waals surface area contributed by atoms with E-state index in [1.807, 2.05) is 18.2 Å². The molecule has 1 aromatic heterocycles. The topological polar surface area (TPSA) is 110 Å². The van der Waals surface area contributed by atoms with E-state index < -0.39 is 27.8 Å². The maximum Gasteiger partial charge on any atom is 0.490 e. The fourth-order valence-corrected chi connectivity index (χ4v) is 4.00. The van der Waals surface area contributed by atoms with Gasteiger partial charge in [-0.25, -0.2) is 22.6 Å². The second kappa shape index (κ2) is 9.48. The lowest BCUT2D eigenvalue weighted by atomic mass is 9.90. The smallest absolute Gasteiger partial charge is 0.475 e. The van der Waals surface area contributed by atoms with Crippen LogP contribution in [0, 0.1) is 5.82 Å². The Morgan fingerprint density at radius 1 is 1.15 bits per heavy atom. The first kappa shape index (κ1) is 24.6. The number of hydrogen-bond donors (Lipinski definition) is 2. The van der Waals surface area contributed by atoms with Crippen LogP contribution in [0.5, 0.6) is 0 Å². The summed E-state index contributed by atoms with van der Waals surface area (Å²) in [6.07, 6.45) is -1.88. The van der Waals surface area contributed by atoms with E-state index in [4.69, 9.17) is 14.3 Å². The molecule has 0 aliphatic carbocycles. The van der Waals surface area contributed by atoms with Crippen molar-refractivity contribution in [3.05, 3.63) is 47.8 Å². The highest BCUT2D eigenvalue weighted by Gasteiger charge is 2.38. The predicted molar refractivity (Wildman–Crippen MR) is 111 cm³/mol. The van der Waals surface area contributed by atoms with Crippen molar-refractivity contribution in [2.24, 2.45) is 0 Å². The number of halogens is 4.